The van der Waals surface area contributed by atoms with Crippen molar-refractivity contribution in [1.82, 2.24) is 14.4 Å². The normalized spacial score (nSPS) is 22.6. The number of fused-ring (bicyclic) bond motifs is 1. The van der Waals surface area contributed by atoms with Crippen molar-refractivity contribution in [3.63, 3.8) is 0 Å². The predicted molar refractivity (Wildman–Crippen MR) is 133 cm³/mol. The summed E-state index contributed by atoms with van der Waals surface area (Å²) in [6.07, 6.45) is 4.20. The van der Waals surface area contributed by atoms with E-state index in [-0.39, 0.29) is 36.6 Å². The second kappa shape index (κ2) is 11.2. The number of carbonyl (C=O) groups is 2. The number of carbonyl (C=O) groups excluding carboxylic acids is 2. The van der Waals surface area contributed by atoms with Crippen LogP contribution in [0.3, 0.4) is 0 Å². The minimum atomic E-state index is -0.274. The van der Waals surface area contributed by atoms with Crippen LogP contribution < -0.4 is 0 Å². The molecule has 188 valence electrons. The second-order valence-corrected chi connectivity index (χ2v) is 9.48. The molecule has 2 aromatic rings. The molecule has 0 spiro atoms. The van der Waals surface area contributed by atoms with Crippen LogP contribution in [0.4, 0.5) is 0 Å². The highest BCUT2D eigenvalue weighted by Crippen LogP contribution is 2.30. The average Bonchev–Trinajstić information content (AvgIpc) is 3.58. The first kappa shape index (κ1) is 25.2. The molecule has 0 radical (unpaired) electrons. The smallest absolute Gasteiger partial charge is 0.320 e. The summed E-state index contributed by atoms with van der Waals surface area (Å²) in [5.74, 6) is -0.169. The van der Waals surface area contributed by atoms with Crippen LogP contribution in [0.5, 0.6) is 0 Å². The first-order valence-electron chi connectivity index (χ1n) is 12.7. The van der Waals surface area contributed by atoms with Crippen LogP contribution in [-0.2, 0) is 32.0 Å². The third-order valence-corrected chi connectivity index (χ3v) is 7.45. The zero-order chi connectivity index (χ0) is 24.9. The molecule has 3 heterocycles. The molecule has 8 heteroatoms. The van der Waals surface area contributed by atoms with E-state index < -0.39 is 0 Å². The van der Waals surface area contributed by atoms with Crippen molar-refractivity contribution < 1.29 is 19.1 Å². The zero-order valence-electron chi connectivity index (χ0n) is 21.0. The Kier molecular flexibility index (Phi) is 8.09. The lowest BCUT2D eigenvalue weighted by Crippen LogP contribution is -2.49. The Balaban J connectivity index is 1.48. The summed E-state index contributed by atoms with van der Waals surface area (Å²) in [6.45, 7) is 6.58. The van der Waals surface area contributed by atoms with Crippen molar-refractivity contribution >= 4 is 22.8 Å². The number of likely N-dealkylation sites (tertiary alicyclic amines) is 2. The highest BCUT2D eigenvalue weighted by molar-refractivity contribution is 5.84. The monoisotopic (exact) mass is 480 g/mol. The Bertz CT molecular complexity index is 1100. The van der Waals surface area contributed by atoms with E-state index in [2.05, 4.69) is 23.6 Å². The maximum absolute atomic E-state index is 13.7. The maximum Gasteiger partial charge on any atom is 0.320 e. The van der Waals surface area contributed by atoms with Gasteiger partial charge in [-0.3, -0.25) is 14.5 Å². The molecule has 4 rings (SSSR count). The second-order valence-electron chi connectivity index (χ2n) is 9.48. The highest BCUT2D eigenvalue weighted by atomic mass is 16.5. The van der Waals surface area contributed by atoms with Gasteiger partial charge >= 0.3 is 5.97 Å². The number of aryl methyl sites for hydroxylation is 2. The lowest BCUT2D eigenvalue weighted by Gasteiger charge is -2.31. The van der Waals surface area contributed by atoms with Gasteiger partial charge in [0.15, 0.2) is 0 Å². The quantitative estimate of drug-likeness (QED) is 0.513. The number of rotatable bonds is 9. The van der Waals surface area contributed by atoms with Gasteiger partial charge in [0.1, 0.15) is 0 Å². The fraction of sp³-hybridized carbons (Fsp3) is 0.593. The largest absolute Gasteiger partial charge is 0.465 e. The number of ether oxygens (including phenoxy) is 2. The minimum Gasteiger partial charge on any atom is -0.465 e. The summed E-state index contributed by atoms with van der Waals surface area (Å²) >= 11 is 0. The highest BCUT2D eigenvalue weighted by Gasteiger charge is 2.41. The van der Waals surface area contributed by atoms with E-state index in [4.69, 9.17) is 9.47 Å². The molecule has 3 atom stereocenters. The molecule has 35 heavy (non-hydrogen) atoms. The van der Waals surface area contributed by atoms with Gasteiger partial charge in [0, 0.05) is 37.5 Å². The first-order chi connectivity index (χ1) is 17.0. The van der Waals surface area contributed by atoms with Crippen LogP contribution in [0.25, 0.3) is 10.9 Å². The lowest BCUT2D eigenvalue weighted by molar-refractivity contribution is -0.146. The van der Waals surface area contributed by atoms with Gasteiger partial charge in [-0.05, 0) is 76.1 Å². The summed E-state index contributed by atoms with van der Waals surface area (Å²) in [6, 6.07) is 10.1. The molecule has 0 bridgehead atoms. The Hall–Kier alpha value is -2.89. The molecule has 3 unspecified atom stereocenters. The van der Waals surface area contributed by atoms with Gasteiger partial charge in [-0.2, -0.15) is 5.26 Å². The fourth-order valence-electron chi connectivity index (χ4n) is 5.72. The molecule has 1 aromatic heterocycles. The van der Waals surface area contributed by atoms with Crippen LogP contribution >= 0.6 is 0 Å². The number of aromatic nitrogens is 1. The summed E-state index contributed by atoms with van der Waals surface area (Å²) in [5, 5.41) is 10.4. The first-order valence-corrected chi connectivity index (χ1v) is 12.7. The predicted octanol–water partition coefficient (Wildman–Crippen LogP) is 3.11. The average molecular weight is 481 g/mol. The molecule has 0 saturated carbocycles. The summed E-state index contributed by atoms with van der Waals surface area (Å²) in [5.41, 5.74) is 2.96. The third-order valence-electron chi connectivity index (χ3n) is 7.45. The number of hydrogen-bond acceptors (Lipinski definition) is 6. The number of nitrogens with zero attached hydrogens (tertiary/aromatic N) is 4. The molecule has 2 fully saturated rings. The Morgan fingerprint density at radius 2 is 2.06 bits per heavy atom. The number of amides is 1. The lowest BCUT2D eigenvalue weighted by atomic mass is 10.0. The minimum absolute atomic E-state index is 0.0269. The molecule has 8 nitrogen and oxygen atoms in total. The molecular formula is C27H36N4O4. The van der Waals surface area contributed by atoms with E-state index in [1.54, 1.807) is 14.0 Å². The van der Waals surface area contributed by atoms with Crippen LogP contribution in [0, 0.1) is 11.3 Å². The molecule has 1 aromatic carbocycles. The molecule has 2 saturated heterocycles. The Morgan fingerprint density at radius 1 is 1.23 bits per heavy atom. The van der Waals surface area contributed by atoms with Crippen molar-refractivity contribution in [2.24, 2.45) is 0 Å². The van der Waals surface area contributed by atoms with Crippen molar-refractivity contribution in [2.75, 3.05) is 33.4 Å². The van der Waals surface area contributed by atoms with Gasteiger partial charge in [0.2, 0.25) is 5.91 Å². The van der Waals surface area contributed by atoms with Gasteiger partial charge < -0.3 is 18.9 Å². The third kappa shape index (κ3) is 5.36. The number of esters is 1. The van der Waals surface area contributed by atoms with Crippen LogP contribution in [0.15, 0.2) is 24.3 Å². The van der Waals surface area contributed by atoms with Crippen LogP contribution in [0.2, 0.25) is 0 Å². The number of nitriles is 1. The van der Waals surface area contributed by atoms with E-state index in [0.29, 0.717) is 18.7 Å². The zero-order valence-corrected chi connectivity index (χ0v) is 21.0. The molecule has 2 aliphatic rings. The molecular weight excluding hydrogens is 444 g/mol. The Morgan fingerprint density at radius 3 is 2.77 bits per heavy atom. The van der Waals surface area contributed by atoms with Gasteiger partial charge in [-0.15, -0.1) is 0 Å². The molecule has 0 aliphatic carbocycles. The van der Waals surface area contributed by atoms with Crippen LogP contribution in [-0.4, -0.2) is 77.8 Å². The fourth-order valence-corrected chi connectivity index (χ4v) is 5.72. The van der Waals surface area contributed by atoms with Gasteiger partial charge in [0.25, 0.3) is 0 Å². The number of hydrogen-bond donors (Lipinski definition) is 0. The van der Waals surface area contributed by atoms with E-state index in [1.165, 1.54) is 5.69 Å². The summed E-state index contributed by atoms with van der Waals surface area (Å²) in [7, 11) is 1.71. The van der Waals surface area contributed by atoms with Gasteiger partial charge in [-0.25, -0.2) is 0 Å². The maximum atomic E-state index is 13.7. The van der Waals surface area contributed by atoms with E-state index in [0.717, 1.165) is 56.1 Å². The molecule has 2 aliphatic heterocycles. The SMILES string of the molecule is CCOC(=O)CN1CCCC1C(=O)N1CC(OC)CC1CCc1cc2ccc(C#N)cc2n1CC. The van der Waals surface area contributed by atoms with E-state index in [9.17, 15) is 14.9 Å². The topological polar surface area (TPSA) is 87.8 Å². The summed E-state index contributed by atoms with van der Waals surface area (Å²) in [4.78, 5) is 29.7. The van der Waals surface area contributed by atoms with Gasteiger partial charge in [-0.1, -0.05) is 6.07 Å². The molecule has 0 N–H and O–H groups in total. The van der Waals surface area contributed by atoms with Crippen LogP contribution in [0.1, 0.15) is 50.8 Å². The number of benzene rings is 1. The van der Waals surface area contributed by atoms with Crippen molar-refractivity contribution in [1.29, 1.82) is 5.26 Å². The summed E-state index contributed by atoms with van der Waals surface area (Å²) < 4.78 is 13.0. The standard InChI is InChI=1S/C27H36N4O4/c1-4-30-21(14-20-9-8-19(16-28)13-25(20)30)10-11-22-15-23(34-3)17-31(22)27(33)24-7-6-12-29(24)18-26(32)35-5-2/h8-9,13-14,22-24H,4-7,10-12,15,17-18H2,1-3H3. The molecule has 1 amide bonds. The van der Waals surface area contributed by atoms with Crippen molar-refractivity contribution in [2.45, 2.75) is 70.7 Å². The van der Waals surface area contributed by atoms with E-state index in [1.807, 2.05) is 28.0 Å². The Labute approximate surface area is 207 Å². The van der Waals surface area contributed by atoms with E-state index >= 15 is 0 Å². The number of methoxy groups -OCH3 is 1. The van der Waals surface area contributed by atoms with Crippen molar-refractivity contribution in [3.8, 4) is 6.07 Å². The van der Waals surface area contributed by atoms with Gasteiger partial charge in [0.05, 0.1) is 36.9 Å². The van der Waals surface area contributed by atoms with Crippen molar-refractivity contribution in [3.05, 3.63) is 35.5 Å².